The molecule has 17 heavy (non-hydrogen) atoms. The Morgan fingerprint density at radius 3 is 2.71 bits per heavy atom. The number of pyridine rings is 1. The van der Waals surface area contributed by atoms with Gasteiger partial charge in [-0.2, -0.15) is 0 Å². The summed E-state index contributed by atoms with van der Waals surface area (Å²) in [4.78, 5) is 8.95. The van der Waals surface area contributed by atoms with E-state index in [4.69, 9.17) is 11.6 Å². The summed E-state index contributed by atoms with van der Waals surface area (Å²) in [6.07, 6.45) is 4.38. The quantitative estimate of drug-likeness (QED) is 0.771. The highest BCUT2D eigenvalue weighted by Crippen LogP contribution is 2.16. The van der Waals surface area contributed by atoms with Crippen LogP contribution in [0, 0.1) is 0 Å². The second kappa shape index (κ2) is 5.80. The zero-order valence-corrected chi connectivity index (χ0v) is 11.3. The van der Waals surface area contributed by atoms with E-state index >= 15 is 0 Å². The Kier molecular flexibility index (Phi) is 4.37. The van der Waals surface area contributed by atoms with Crippen LogP contribution in [0.1, 0.15) is 18.4 Å². The molecule has 0 aliphatic carbocycles. The molecule has 2 rings (SSSR count). The molecule has 0 aromatic carbocycles. The van der Waals surface area contributed by atoms with Gasteiger partial charge in [-0.15, -0.1) is 0 Å². The molecule has 1 saturated heterocycles. The zero-order chi connectivity index (χ0) is 12.3. The Hall–Kier alpha value is -0.640. The number of halogens is 1. The Balaban J connectivity index is 1.88. The van der Waals surface area contributed by atoms with E-state index in [1.54, 1.807) is 0 Å². The van der Waals surface area contributed by atoms with Crippen LogP contribution < -0.4 is 0 Å². The fourth-order valence-corrected chi connectivity index (χ4v) is 2.46. The number of nitrogens with zero attached hydrogens (tertiary/aromatic N) is 3. The van der Waals surface area contributed by atoms with E-state index in [9.17, 15) is 0 Å². The third-order valence-electron chi connectivity index (χ3n) is 3.53. The summed E-state index contributed by atoms with van der Waals surface area (Å²) < 4.78 is 0. The molecule has 0 radical (unpaired) electrons. The van der Waals surface area contributed by atoms with Crippen LogP contribution in [-0.2, 0) is 6.54 Å². The molecule has 1 aliphatic rings. The van der Waals surface area contributed by atoms with E-state index in [0.717, 1.165) is 6.54 Å². The third-order valence-corrected chi connectivity index (χ3v) is 3.76. The molecule has 1 fully saturated rings. The lowest BCUT2D eigenvalue weighted by molar-refractivity contribution is 0.139. The maximum Gasteiger partial charge on any atom is 0.129 e. The molecule has 4 heteroatoms. The van der Waals surface area contributed by atoms with Crippen LogP contribution in [0.25, 0.3) is 0 Å². The van der Waals surface area contributed by atoms with Crippen LogP contribution in [0.4, 0.5) is 0 Å². The highest BCUT2D eigenvalue weighted by molar-refractivity contribution is 6.29. The van der Waals surface area contributed by atoms with Gasteiger partial charge < -0.3 is 4.90 Å². The third kappa shape index (κ3) is 3.66. The number of likely N-dealkylation sites (tertiary alicyclic amines) is 1. The summed E-state index contributed by atoms with van der Waals surface area (Å²) in [7, 11) is 4.39. The first-order valence-corrected chi connectivity index (χ1v) is 6.52. The normalized spacial score (nSPS) is 18.8. The SMILES string of the molecule is CN1CCC(N(C)Cc2ccc(Cl)nc2)CC1. The molecule has 0 N–H and O–H groups in total. The first-order chi connectivity index (χ1) is 8.15. The van der Waals surface area contributed by atoms with Gasteiger partial charge in [-0.25, -0.2) is 4.98 Å². The summed E-state index contributed by atoms with van der Waals surface area (Å²) in [5, 5.41) is 0.565. The van der Waals surface area contributed by atoms with Crippen molar-refractivity contribution in [3.05, 3.63) is 29.0 Å². The van der Waals surface area contributed by atoms with Gasteiger partial charge >= 0.3 is 0 Å². The van der Waals surface area contributed by atoms with E-state index in [2.05, 4.69) is 34.9 Å². The van der Waals surface area contributed by atoms with Crippen molar-refractivity contribution in [1.82, 2.24) is 14.8 Å². The molecular weight excluding hydrogens is 234 g/mol. The van der Waals surface area contributed by atoms with Crippen molar-refractivity contribution in [1.29, 1.82) is 0 Å². The molecule has 0 bridgehead atoms. The Morgan fingerprint density at radius 1 is 1.41 bits per heavy atom. The van der Waals surface area contributed by atoms with E-state index in [1.165, 1.54) is 31.5 Å². The smallest absolute Gasteiger partial charge is 0.129 e. The van der Waals surface area contributed by atoms with E-state index in [1.807, 2.05) is 12.3 Å². The van der Waals surface area contributed by atoms with Crippen molar-refractivity contribution < 1.29 is 0 Å². The number of aromatic nitrogens is 1. The highest BCUT2D eigenvalue weighted by atomic mass is 35.5. The molecule has 0 atom stereocenters. The van der Waals surface area contributed by atoms with Gasteiger partial charge in [0.1, 0.15) is 5.15 Å². The molecular formula is C13H20ClN3. The van der Waals surface area contributed by atoms with Crippen molar-refractivity contribution in [2.45, 2.75) is 25.4 Å². The number of rotatable bonds is 3. The first-order valence-electron chi connectivity index (χ1n) is 6.14. The fourth-order valence-electron chi connectivity index (χ4n) is 2.35. The van der Waals surface area contributed by atoms with Crippen molar-refractivity contribution in [3.63, 3.8) is 0 Å². The molecule has 1 aromatic rings. The predicted octanol–water partition coefficient (Wildman–Crippen LogP) is 2.26. The largest absolute Gasteiger partial charge is 0.306 e. The predicted molar refractivity (Wildman–Crippen MR) is 71.2 cm³/mol. The summed E-state index contributed by atoms with van der Waals surface area (Å²) in [6.45, 7) is 3.36. The molecule has 0 amide bonds. The minimum atomic E-state index is 0.565. The first kappa shape index (κ1) is 12.8. The molecule has 0 saturated carbocycles. The molecule has 94 valence electrons. The van der Waals surface area contributed by atoms with Crippen molar-refractivity contribution in [2.75, 3.05) is 27.2 Å². The van der Waals surface area contributed by atoms with E-state index < -0.39 is 0 Å². The zero-order valence-electron chi connectivity index (χ0n) is 10.6. The van der Waals surface area contributed by atoms with E-state index in [-0.39, 0.29) is 0 Å². The monoisotopic (exact) mass is 253 g/mol. The van der Waals surface area contributed by atoms with Crippen molar-refractivity contribution in [2.24, 2.45) is 0 Å². The second-order valence-corrected chi connectivity index (χ2v) is 5.33. The maximum atomic E-state index is 5.78. The van der Waals surface area contributed by atoms with Crippen molar-refractivity contribution >= 4 is 11.6 Å². The van der Waals surface area contributed by atoms with Gasteiger partial charge in [-0.05, 0) is 51.7 Å². The van der Waals surface area contributed by atoms with Crippen LogP contribution in [-0.4, -0.2) is 48.0 Å². The van der Waals surface area contributed by atoms with Crippen molar-refractivity contribution in [3.8, 4) is 0 Å². The van der Waals surface area contributed by atoms with Gasteiger partial charge in [0.05, 0.1) is 0 Å². The molecule has 0 unspecified atom stereocenters. The van der Waals surface area contributed by atoms with Gasteiger partial charge in [0.15, 0.2) is 0 Å². The van der Waals surface area contributed by atoms with Gasteiger partial charge in [0.2, 0.25) is 0 Å². The average Bonchev–Trinajstić information content (AvgIpc) is 2.33. The van der Waals surface area contributed by atoms with E-state index in [0.29, 0.717) is 11.2 Å². The number of piperidine rings is 1. The standard InChI is InChI=1S/C13H20ClN3/c1-16-7-5-12(6-8-16)17(2)10-11-3-4-13(14)15-9-11/h3-4,9,12H,5-8,10H2,1-2H3. The Labute approximate surface area is 108 Å². The molecule has 3 nitrogen and oxygen atoms in total. The summed E-state index contributed by atoms with van der Waals surface area (Å²) in [6, 6.07) is 4.61. The Bertz CT molecular complexity index is 344. The average molecular weight is 254 g/mol. The van der Waals surface area contributed by atoms with Gasteiger partial charge in [-0.3, -0.25) is 4.90 Å². The van der Waals surface area contributed by atoms with Gasteiger partial charge in [0.25, 0.3) is 0 Å². The lowest BCUT2D eigenvalue weighted by Crippen LogP contribution is -2.41. The van der Waals surface area contributed by atoms with Crippen LogP contribution in [0.5, 0.6) is 0 Å². The number of hydrogen-bond donors (Lipinski definition) is 0. The molecule has 2 heterocycles. The topological polar surface area (TPSA) is 19.4 Å². The fraction of sp³-hybridized carbons (Fsp3) is 0.615. The maximum absolute atomic E-state index is 5.78. The minimum Gasteiger partial charge on any atom is -0.306 e. The molecule has 1 aliphatic heterocycles. The van der Waals surface area contributed by atoms with Crippen LogP contribution in [0.3, 0.4) is 0 Å². The molecule has 1 aromatic heterocycles. The summed E-state index contributed by atoms with van der Waals surface area (Å²) in [5.74, 6) is 0. The Morgan fingerprint density at radius 2 is 2.12 bits per heavy atom. The highest BCUT2D eigenvalue weighted by Gasteiger charge is 2.20. The second-order valence-electron chi connectivity index (χ2n) is 4.94. The van der Waals surface area contributed by atoms with Gasteiger partial charge in [0, 0.05) is 18.8 Å². The van der Waals surface area contributed by atoms with Gasteiger partial charge in [-0.1, -0.05) is 17.7 Å². The lowest BCUT2D eigenvalue weighted by atomic mass is 10.0. The van der Waals surface area contributed by atoms with Crippen LogP contribution in [0.2, 0.25) is 5.15 Å². The summed E-state index contributed by atoms with van der Waals surface area (Å²) in [5.41, 5.74) is 1.23. The lowest BCUT2D eigenvalue weighted by Gasteiger charge is -2.35. The summed E-state index contributed by atoms with van der Waals surface area (Å²) >= 11 is 5.78. The molecule has 0 spiro atoms. The van der Waals surface area contributed by atoms with Crippen LogP contribution >= 0.6 is 11.6 Å². The number of hydrogen-bond acceptors (Lipinski definition) is 3. The van der Waals surface area contributed by atoms with Crippen LogP contribution in [0.15, 0.2) is 18.3 Å². The minimum absolute atomic E-state index is 0.565.